The van der Waals surface area contributed by atoms with Gasteiger partial charge >= 0.3 is 0 Å². The van der Waals surface area contributed by atoms with Gasteiger partial charge in [-0.15, -0.1) is 0 Å². The molecule has 0 unspecified atom stereocenters. The van der Waals surface area contributed by atoms with Crippen molar-refractivity contribution in [2.75, 3.05) is 13.2 Å². The predicted molar refractivity (Wildman–Crippen MR) is 35.0 cm³/mol. The Morgan fingerprint density at radius 1 is 1.67 bits per heavy atom. The molecule has 0 radical (unpaired) electrons. The van der Waals surface area contributed by atoms with E-state index in [0.717, 1.165) is 0 Å². The second kappa shape index (κ2) is 5.56. The predicted octanol–water partition coefficient (Wildman–Crippen LogP) is -0.105. The van der Waals surface area contributed by atoms with Gasteiger partial charge in [0.25, 0.3) is 0 Å². The molecule has 0 aliphatic rings. The molecule has 0 fully saturated rings. The lowest BCUT2D eigenvalue weighted by atomic mass is 10.4. The third-order valence-corrected chi connectivity index (χ3v) is 0.978. The Morgan fingerprint density at radius 2 is 2.33 bits per heavy atom. The smallest absolute Gasteiger partial charge is 0.219 e. The topological polar surface area (TPSA) is 49.3 Å². The van der Waals surface area contributed by atoms with Crippen molar-refractivity contribution in [3.05, 3.63) is 0 Å². The molecule has 9 heavy (non-hydrogen) atoms. The van der Waals surface area contributed by atoms with Crippen LogP contribution in [0.4, 0.5) is 0 Å². The molecule has 3 heteroatoms. The molecule has 0 saturated heterocycles. The first-order valence-electron chi connectivity index (χ1n) is 3.18. The lowest BCUT2D eigenvalue weighted by molar-refractivity contribution is -0.120. The largest absolute Gasteiger partial charge is 0.396 e. The molecule has 0 saturated carbocycles. The molecule has 54 valence electrons. The maximum atomic E-state index is 10.5. The number of nitrogens with one attached hydrogen (secondary N) is 1. The van der Waals surface area contributed by atoms with Gasteiger partial charge in [-0.2, -0.15) is 0 Å². The van der Waals surface area contributed by atoms with Crippen molar-refractivity contribution in [3.63, 3.8) is 0 Å². The van der Waals surface area contributed by atoms with Gasteiger partial charge in [-0.05, 0) is 6.42 Å². The van der Waals surface area contributed by atoms with Crippen LogP contribution >= 0.6 is 0 Å². The van der Waals surface area contributed by atoms with Crippen molar-refractivity contribution < 1.29 is 9.90 Å². The lowest BCUT2D eigenvalue weighted by Gasteiger charge is -1.98. The number of carbonyl (C=O) groups is 1. The molecule has 1 amide bonds. The van der Waals surface area contributed by atoms with E-state index in [1.807, 2.05) is 0 Å². The first kappa shape index (κ1) is 8.43. The highest BCUT2D eigenvalue weighted by atomic mass is 16.3. The van der Waals surface area contributed by atoms with Crippen LogP contribution in [0.2, 0.25) is 0 Å². The van der Waals surface area contributed by atoms with E-state index >= 15 is 0 Å². The zero-order valence-corrected chi connectivity index (χ0v) is 5.68. The van der Waals surface area contributed by atoms with E-state index in [-0.39, 0.29) is 12.5 Å². The van der Waals surface area contributed by atoms with Crippen LogP contribution in [0.25, 0.3) is 0 Å². The van der Waals surface area contributed by atoms with Gasteiger partial charge in [0.05, 0.1) is 0 Å². The number of rotatable bonds is 4. The number of carbonyl (C=O) groups excluding carboxylic acids is 1. The fourth-order valence-corrected chi connectivity index (χ4v) is 0.432. The van der Waals surface area contributed by atoms with Crippen molar-refractivity contribution >= 4 is 5.91 Å². The van der Waals surface area contributed by atoms with Crippen LogP contribution in [-0.4, -0.2) is 24.2 Å². The molecule has 3 nitrogen and oxygen atoms in total. The minimum atomic E-state index is 0.0449. The molecule has 0 aliphatic carbocycles. The van der Waals surface area contributed by atoms with Gasteiger partial charge in [-0.25, -0.2) is 0 Å². The summed E-state index contributed by atoms with van der Waals surface area (Å²) < 4.78 is 0. The molecule has 0 atom stereocenters. The van der Waals surface area contributed by atoms with Gasteiger partial charge in [0.2, 0.25) is 5.91 Å². The third kappa shape index (κ3) is 5.30. The van der Waals surface area contributed by atoms with Crippen molar-refractivity contribution in [1.29, 1.82) is 0 Å². The highest BCUT2D eigenvalue weighted by Gasteiger charge is 1.92. The molecule has 0 bridgehead atoms. The molecular formula is C6H13NO2. The summed E-state index contributed by atoms with van der Waals surface area (Å²) in [4.78, 5) is 10.5. The number of hydrogen-bond acceptors (Lipinski definition) is 2. The van der Waals surface area contributed by atoms with Crippen LogP contribution in [-0.2, 0) is 4.79 Å². The molecule has 2 N–H and O–H groups in total. The molecule has 0 aliphatic heterocycles. The Morgan fingerprint density at radius 3 is 2.78 bits per heavy atom. The van der Waals surface area contributed by atoms with Crippen LogP contribution < -0.4 is 5.32 Å². The van der Waals surface area contributed by atoms with Crippen LogP contribution in [0.5, 0.6) is 0 Å². The highest BCUT2D eigenvalue weighted by Crippen LogP contribution is 1.76. The summed E-state index contributed by atoms with van der Waals surface area (Å²) in [6, 6.07) is 0. The molecule has 0 spiro atoms. The quantitative estimate of drug-likeness (QED) is 0.523. The summed E-state index contributed by atoms with van der Waals surface area (Å²) in [5, 5.41) is 10.9. The average Bonchev–Trinajstić information content (AvgIpc) is 1.89. The van der Waals surface area contributed by atoms with E-state index in [1.165, 1.54) is 0 Å². The van der Waals surface area contributed by atoms with Crippen LogP contribution in [0.3, 0.4) is 0 Å². The van der Waals surface area contributed by atoms with Crippen LogP contribution in [0.15, 0.2) is 0 Å². The molecule has 0 aromatic rings. The zero-order chi connectivity index (χ0) is 7.11. The maximum absolute atomic E-state index is 10.5. The Balaban J connectivity index is 2.97. The summed E-state index contributed by atoms with van der Waals surface area (Å²) in [6.45, 7) is 2.53. The van der Waals surface area contributed by atoms with E-state index in [2.05, 4.69) is 5.32 Å². The molecule has 0 aromatic carbocycles. The monoisotopic (exact) mass is 131 g/mol. The van der Waals surface area contributed by atoms with E-state index in [4.69, 9.17) is 5.11 Å². The SMILES string of the molecule is CCC(=O)NCCCO. The summed E-state index contributed by atoms with van der Waals surface area (Å²) in [7, 11) is 0. The Labute approximate surface area is 55.1 Å². The van der Waals surface area contributed by atoms with E-state index < -0.39 is 0 Å². The summed E-state index contributed by atoms with van der Waals surface area (Å²) in [5.74, 6) is 0.0449. The molecule has 0 rings (SSSR count). The fourth-order valence-electron chi connectivity index (χ4n) is 0.432. The standard InChI is InChI=1S/C6H13NO2/c1-2-6(9)7-4-3-5-8/h8H,2-5H2,1H3,(H,7,9). The Hall–Kier alpha value is -0.570. The van der Waals surface area contributed by atoms with Gasteiger partial charge in [0.15, 0.2) is 0 Å². The Bertz CT molecular complexity index is 83.1. The van der Waals surface area contributed by atoms with Gasteiger partial charge in [-0.1, -0.05) is 6.92 Å². The minimum absolute atomic E-state index is 0.0449. The van der Waals surface area contributed by atoms with E-state index in [0.29, 0.717) is 19.4 Å². The molecule has 0 aromatic heterocycles. The first-order valence-corrected chi connectivity index (χ1v) is 3.18. The second-order valence-electron chi connectivity index (χ2n) is 1.78. The number of hydrogen-bond donors (Lipinski definition) is 2. The van der Waals surface area contributed by atoms with Crippen molar-refractivity contribution in [1.82, 2.24) is 5.32 Å². The van der Waals surface area contributed by atoms with Gasteiger partial charge in [0.1, 0.15) is 0 Å². The zero-order valence-electron chi connectivity index (χ0n) is 5.68. The fraction of sp³-hybridized carbons (Fsp3) is 0.833. The summed E-state index contributed by atoms with van der Waals surface area (Å²) in [6.07, 6.45) is 1.16. The van der Waals surface area contributed by atoms with Crippen molar-refractivity contribution in [2.45, 2.75) is 19.8 Å². The lowest BCUT2D eigenvalue weighted by Crippen LogP contribution is -2.23. The highest BCUT2D eigenvalue weighted by molar-refractivity contribution is 5.75. The van der Waals surface area contributed by atoms with Gasteiger partial charge < -0.3 is 10.4 Å². The van der Waals surface area contributed by atoms with E-state index in [1.54, 1.807) is 6.92 Å². The van der Waals surface area contributed by atoms with E-state index in [9.17, 15) is 4.79 Å². The summed E-state index contributed by atoms with van der Waals surface area (Å²) in [5.41, 5.74) is 0. The normalized spacial score (nSPS) is 9.11. The second-order valence-corrected chi connectivity index (χ2v) is 1.78. The number of aliphatic hydroxyl groups is 1. The van der Waals surface area contributed by atoms with Crippen LogP contribution in [0, 0.1) is 0 Å². The average molecular weight is 131 g/mol. The molecule has 0 heterocycles. The van der Waals surface area contributed by atoms with Crippen molar-refractivity contribution in [2.24, 2.45) is 0 Å². The third-order valence-electron chi connectivity index (χ3n) is 0.978. The van der Waals surface area contributed by atoms with Crippen molar-refractivity contribution in [3.8, 4) is 0 Å². The Kier molecular flexibility index (Phi) is 5.21. The van der Waals surface area contributed by atoms with Gasteiger partial charge in [0, 0.05) is 19.6 Å². The number of amides is 1. The minimum Gasteiger partial charge on any atom is -0.396 e. The van der Waals surface area contributed by atoms with Crippen LogP contribution in [0.1, 0.15) is 19.8 Å². The number of aliphatic hydroxyl groups excluding tert-OH is 1. The maximum Gasteiger partial charge on any atom is 0.219 e. The summed E-state index contributed by atoms with van der Waals surface area (Å²) >= 11 is 0. The first-order chi connectivity index (χ1) is 4.31. The van der Waals surface area contributed by atoms with Gasteiger partial charge in [-0.3, -0.25) is 4.79 Å². The molecular weight excluding hydrogens is 118 g/mol.